The number of aromatic nitrogens is 2. The Morgan fingerprint density at radius 2 is 2.08 bits per heavy atom. The number of hydrogen-bond acceptors (Lipinski definition) is 6. The van der Waals surface area contributed by atoms with Gasteiger partial charge in [-0.15, -0.1) is 0 Å². The molecule has 0 radical (unpaired) electrons. The van der Waals surface area contributed by atoms with E-state index in [4.69, 9.17) is 14.0 Å². The highest BCUT2D eigenvalue weighted by Crippen LogP contribution is 2.35. The fraction of sp³-hybridized carbons (Fsp3) is 0.600. The predicted octanol–water partition coefficient (Wildman–Crippen LogP) is 2.88. The lowest BCUT2D eigenvalue weighted by atomic mass is 10.1. The Bertz CT molecular complexity index is 699. The van der Waals surface area contributed by atoms with Crippen molar-refractivity contribution in [3.63, 3.8) is 0 Å². The first-order valence-corrected chi connectivity index (χ1v) is 9.44. The van der Waals surface area contributed by atoms with Gasteiger partial charge in [0.2, 0.25) is 0 Å². The van der Waals surface area contributed by atoms with E-state index in [0.29, 0.717) is 24.7 Å². The van der Waals surface area contributed by atoms with Gasteiger partial charge in [0.1, 0.15) is 5.76 Å². The van der Waals surface area contributed by atoms with Crippen LogP contribution in [-0.4, -0.2) is 46.9 Å². The molecule has 0 N–H and O–H groups in total. The second-order valence-electron chi connectivity index (χ2n) is 7.46. The number of rotatable bonds is 6. The second kappa shape index (κ2) is 7.86. The molecule has 0 spiro atoms. The molecule has 2 aromatic heterocycles. The highest BCUT2D eigenvalue weighted by Gasteiger charge is 2.41. The van der Waals surface area contributed by atoms with E-state index in [1.165, 1.54) is 11.1 Å². The fourth-order valence-corrected chi connectivity index (χ4v) is 4.21. The van der Waals surface area contributed by atoms with Gasteiger partial charge in [-0.1, -0.05) is 5.16 Å². The van der Waals surface area contributed by atoms with Crippen LogP contribution >= 0.6 is 0 Å². The molecule has 6 nitrogen and oxygen atoms in total. The first kappa shape index (κ1) is 17.6. The van der Waals surface area contributed by atoms with Crippen molar-refractivity contribution < 1.29 is 14.0 Å². The van der Waals surface area contributed by atoms with E-state index in [1.54, 1.807) is 0 Å². The van der Waals surface area contributed by atoms with Gasteiger partial charge in [0.15, 0.2) is 0 Å². The first-order chi connectivity index (χ1) is 12.7. The van der Waals surface area contributed by atoms with Crippen molar-refractivity contribution in [2.45, 2.75) is 52.0 Å². The Morgan fingerprint density at radius 3 is 2.85 bits per heavy atom. The van der Waals surface area contributed by atoms with Gasteiger partial charge in [0.05, 0.1) is 25.0 Å². The maximum absolute atomic E-state index is 6.06. The molecule has 1 saturated heterocycles. The number of ether oxygens (including phenoxy) is 2. The molecule has 0 amide bonds. The summed E-state index contributed by atoms with van der Waals surface area (Å²) in [6.45, 7) is 8.13. The third-order valence-corrected chi connectivity index (χ3v) is 5.66. The fourth-order valence-electron chi connectivity index (χ4n) is 4.21. The summed E-state index contributed by atoms with van der Waals surface area (Å²) in [6.07, 6.45) is 6.15. The van der Waals surface area contributed by atoms with Crippen LogP contribution in [0.3, 0.4) is 0 Å². The summed E-state index contributed by atoms with van der Waals surface area (Å²) in [5.74, 6) is 1.48. The summed E-state index contributed by atoms with van der Waals surface area (Å²) in [6, 6.07) is 4.47. The van der Waals surface area contributed by atoms with Crippen molar-refractivity contribution in [3.8, 4) is 0 Å². The molecule has 1 saturated carbocycles. The van der Waals surface area contributed by atoms with Crippen molar-refractivity contribution in [2.24, 2.45) is 5.92 Å². The van der Waals surface area contributed by atoms with E-state index in [-0.39, 0.29) is 0 Å². The number of fused-ring (bicyclic) bond motifs is 1. The van der Waals surface area contributed by atoms with Crippen LogP contribution in [0.15, 0.2) is 29.0 Å². The molecule has 3 atom stereocenters. The Morgan fingerprint density at radius 1 is 1.23 bits per heavy atom. The SMILES string of the molecule is Cc1noc(C)c1CN1CCO[C@@H]2C[C@H](COCc3ccncc3)C[C@H]21. The van der Waals surface area contributed by atoms with Gasteiger partial charge >= 0.3 is 0 Å². The zero-order chi connectivity index (χ0) is 17.9. The lowest BCUT2D eigenvalue weighted by molar-refractivity contribution is -0.0593. The summed E-state index contributed by atoms with van der Waals surface area (Å²) in [5.41, 5.74) is 3.40. The third-order valence-electron chi connectivity index (χ3n) is 5.66. The minimum atomic E-state index is 0.318. The van der Waals surface area contributed by atoms with E-state index in [2.05, 4.69) is 15.0 Å². The van der Waals surface area contributed by atoms with Crippen LogP contribution < -0.4 is 0 Å². The van der Waals surface area contributed by atoms with Crippen molar-refractivity contribution >= 4 is 0 Å². The van der Waals surface area contributed by atoms with E-state index in [1.807, 2.05) is 38.4 Å². The Kier molecular flexibility index (Phi) is 5.33. The maximum atomic E-state index is 6.06. The Balaban J connectivity index is 1.32. The number of pyridine rings is 1. The molecule has 2 fully saturated rings. The smallest absolute Gasteiger partial charge is 0.138 e. The minimum absolute atomic E-state index is 0.318. The van der Waals surface area contributed by atoms with Crippen LogP contribution in [-0.2, 0) is 22.6 Å². The zero-order valence-corrected chi connectivity index (χ0v) is 15.6. The molecule has 2 aliphatic rings. The summed E-state index contributed by atoms with van der Waals surface area (Å²) in [4.78, 5) is 6.59. The average molecular weight is 357 g/mol. The molecule has 4 rings (SSSR count). The van der Waals surface area contributed by atoms with Gasteiger partial charge in [-0.3, -0.25) is 9.88 Å². The second-order valence-corrected chi connectivity index (χ2v) is 7.46. The van der Waals surface area contributed by atoms with Crippen LogP contribution in [0.1, 0.15) is 35.4 Å². The van der Waals surface area contributed by atoms with Crippen LogP contribution in [0.2, 0.25) is 0 Å². The Hall–Kier alpha value is -1.76. The molecule has 3 heterocycles. The molecule has 1 aliphatic heterocycles. The van der Waals surface area contributed by atoms with E-state index in [9.17, 15) is 0 Å². The van der Waals surface area contributed by atoms with E-state index < -0.39 is 0 Å². The molecule has 0 aromatic carbocycles. The van der Waals surface area contributed by atoms with Crippen molar-refractivity contribution in [1.82, 2.24) is 15.0 Å². The molecular weight excluding hydrogens is 330 g/mol. The maximum Gasteiger partial charge on any atom is 0.138 e. The van der Waals surface area contributed by atoms with E-state index in [0.717, 1.165) is 50.6 Å². The number of nitrogens with zero attached hydrogens (tertiary/aromatic N) is 3. The molecule has 6 heteroatoms. The molecule has 1 aliphatic carbocycles. The third kappa shape index (κ3) is 3.82. The van der Waals surface area contributed by atoms with E-state index >= 15 is 0 Å². The largest absolute Gasteiger partial charge is 0.376 e. The van der Waals surface area contributed by atoms with Crippen LogP contribution in [0, 0.1) is 19.8 Å². The van der Waals surface area contributed by atoms with Crippen molar-refractivity contribution in [3.05, 3.63) is 47.1 Å². The minimum Gasteiger partial charge on any atom is -0.376 e. The molecule has 2 aromatic rings. The highest BCUT2D eigenvalue weighted by atomic mass is 16.5. The predicted molar refractivity (Wildman–Crippen MR) is 96.5 cm³/mol. The Labute approximate surface area is 154 Å². The van der Waals surface area contributed by atoms with Gasteiger partial charge in [-0.05, 0) is 50.3 Å². The van der Waals surface area contributed by atoms with Crippen molar-refractivity contribution in [1.29, 1.82) is 0 Å². The highest BCUT2D eigenvalue weighted by molar-refractivity contribution is 5.21. The van der Waals surface area contributed by atoms with Crippen molar-refractivity contribution in [2.75, 3.05) is 19.8 Å². The summed E-state index contributed by atoms with van der Waals surface area (Å²) in [5, 5.41) is 4.09. The summed E-state index contributed by atoms with van der Waals surface area (Å²) in [7, 11) is 0. The standard InChI is InChI=1S/C20H27N3O3/c1-14-18(15(2)26-22-14)11-23-7-8-25-20-10-17(9-19(20)23)13-24-12-16-3-5-21-6-4-16/h3-6,17,19-20H,7-13H2,1-2H3/t17-,19-,20-/m1/s1. The van der Waals surface area contributed by atoms with Crippen LogP contribution in [0.5, 0.6) is 0 Å². The topological polar surface area (TPSA) is 60.6 Å². The quantitative estimate of drug-likeness (QED) is 0.792. The first-order valence-electron chi connectivity index (χ1n) is 9.44. The van der Waals surface area contributed by atoms with Gasteiger partial charge in [0.25, 0.3) is 0 Å². The van der Waals surface area contributed by atoms with Gasteiger partial charge in [-0.2, -0.15) is 0 Å². The lowest BCUT2D eigenvalue weighted by Gasteiger charge is -2.37. The lowest BCUT2D eigenvalue weighted by Crippen LogP contribution is -2.48. The van der Waals surface area contributed by atoms with Crippen LogP contribution in [0.25, 0.3) is 0 Å². The zero-order valence-electron chi connectivity index (χ0n) is 15.6. The van der Waals surface area contributed by atoms with Gasteiger partial charge < -0.3 is 14.0 Å². The number of hydrogen-bond donors (Lipinski definition) is 0. The molecule has 0 unspecified atom stereocenters. The monoisotopic (exact) mass is 357 g/mol. The summed E-state index contributed by atoms with van der Waals surface area (Å²) < 4.78 is 17.4. The van der Waals surface area contributed by atoms with Crippen LogP contribution in [0.4, 0.5) is 0 Å². The molecule has 0 bridgehead atoms. The number of aryl methyl sites for hydroxylation is 2. The van der Waals surface area contributed by atoms with Gasteiger partial charge in [0, 0.05) is 43.7 Å². The number of morpholine rings is 1. The average Bonchev–Trinajstić information content (AvgIpc) is 3.21. The molecular formula is C20H27N3O3. The molecule has 140 valence electrons. The van der Waals surface area contributed by atoms with Gasteiger partial charge in [-0.25, -0.2) is 0 Å². The summed E-state index contributed by atoms with van der Waals surface area (Å²) >= 11 is 0. The molecule has 26 heavy (non-hydrogen) atoms. The normalized spacial score (nSPS) is 26.2.